The summed E-state index contributed by atoms with van der Waals surface area (Å²) in [5.41, 5.74) is 0. The Labute approximate surface area is 155 Å². The molecule has 0 saturated carbocycles. The second-order valence-electron chi connectivity index (χ2n) is 6.42. The van der Waals surface area contributed by atoms with E-state index in [4.69, 9.17) is 32.7 Å². The van der Waals surface area contributed by atoms with Crippen LogP contribution >= 0.6 is 23.2 Å². The summed E-state index contributed by atoms with van der Waals surface area (Å²) in [6.45, 7) is 5.67. The summed E-state index contributed by atoms with van der Waals surface area (Å²) < 4.78 is 11.6. The minimum atomic E-state index is 0.504. The van der Waals surface area contributed by atoms with Gasteiger partial charge in [0.25, 0.3) is 0 Å². The molecule has 0 aliphatic rings. The van der Waals surface area contributed by atoms with E-state index in [1.165, 1.54) is 0 Å². The first-order valence-corrected chi connectivity index (χ1v) is 9.57. The van der Waals surface area contributed by atoms with Crippen molar-refractivity contribution >= 4 is 34.0 Å². The van der Waals surface area contributed by atoms with E-state index in [9.17, 15) is 0 Å². The third-order valence-electron chi connectivity index (χ3n) is 3.76. The fraction of sp³-hybridized carbons (Fsp3) is 0.500. The maximum absolute atomic E-state index is 6.50. The van der Waals surface area contributed by atoms with Gasteiger partial charge in [0.15, 0.2) is 0 Å². The Morgan fingerprint density at radius 3 is 2.50 bits per heavy atom. The molecule has 2 aromatic rings. The smallest absolute Gasteiger partial charge is 0.138 e. The van der Waals surface area contributed by atoms with Crippen LogP contribution in [0.3, 0.4) is 0 Å². The van der Waals surface area contributed by atoms with Gasteiger partial charge in [0.2, 0.25) is 0 Å². The number of fused-ring (bicyclic) bond motifs is 1. The topological polar surface area (TPSA) is 18.5 Å². The normalized spacial score (nSPS) is 11.2. The van der Waals surface area contributed by atoms with E-state index >= 15 is 0 Å². The lowest BCUT2D eigenvalue weighted by atomic mass is 10.1. The van der Waals surface area contributed by atoms with Crippen molar-refractivity contribution in [3.63, 3.8) is 0 Å². The molecule has 0 spiro atoms. The molecule has 2 rings (SSSR count). The first-order valence-electron chi connectivity index (χ1n) is 8.65. The number of ether oxygens (including phenoxy) is 2. The van der Waals surface area contributed by atoms with Crippen LogP contribution in [0.5, 0.6) is 11.5 Å². The van der Waals surface area contributed by atoms with E-state index in [0.29, 0.717) is 24.2 Å². The summed E-state index contributed by atoms with van der Waals surface area (Å²) in [4.78, 5) is 0. The van der Waals surface area contributed by atoms with E-state index in [0.717, 1.165) is 53.8 Å². The minimum Gasteiger partial charge on any atom is -0.493 e. The predicted molar refractivity (Wildman–Crippen MR) is 104 cm³/mol. The van der Waals surface area contributed by atoms with Crippen molar-refractivity contribution in [1.29, 1.82) is 0 Å². The Hall–Kier alpha value is -1.12. The standard InChI is InChI=1S/C20H26Cl2O2/c1-15(2)14-24-17-8-9-18-16(13-17)7-10-19(20(18)22)23-12-6-4-3-5-11-21/h7-10,13,15H,3-6,11-12,14H2,1-2H3. The van der Waals surface area contributed by atoms with Crippen molar-refractivity contribution in [2.75, 3.05) is 19.1 Å². The van der Waals surface area contributed by atoms with Gasteiger partial charge in [-0.2, -0.15) is 0 Å². The van der Waals surface area contributed by atoms with Crippen LogP contribution in [0, 0.1) is 5.92 Å². The molecule has 24 heavy (non-hydrogen) atoms. The van der Waals surface area contributed by atoms with Gasteiger partial charge in [0.1, 0.15) is 11.5 Å². The fourth-order valence-corrected chi connectivity index (χ4v) is 2.92. The lowest BCUT2D eigenvalue weighted by Gasteiger charge is -2.12. The van der Waals surface area contributed by atoms with Crippen LogP contribution in [0.2, 0.25) is 5.02 Å². The highest BCUT2D eigenvalue weighted by Gasteiger charge is 2.08. The van der Waals surface area contributed by atoms with Crippen molar-refractivity contribution in [2.45, 2.75) is 39.5 Å². The van der Waals surface area contributed by atoms with E-state index in [-0.39, 0.29) is 0 Å². The molecule has 0 radical (unpaired) electrons. The zero-order valence-corrected chi connectivity index (χ0v) is 16.0. The molecule has 0 atom stereocenters. The molecule has 2 aromatic carbocycles. The zero-order valence-electron chi connectivity index (χ0n) is 14.5. The van der Waals surface area contributed by atoms with Gasteiger partial charge in [0.05, 0.1) is 18.2 Å². The van der Waals surface area contributed by atoms with Crippen molar-refractivity contribution in [3.8, 4) is 11.5 Å². The van der Waals surface area contributed by atoms with Gasteiger partial charge >= 0.3 is 0 Å². The minimum absolute atomic E-state index is 0.504. The first-order chi connectivity index (χ1) is 11.6. The lowest BCUT2D eigenvalue weighted by molar-refractivity contribution is 0.271. The molecule has 0 bridgehead atoms. The molecule has 0 aromatic heterocycles. The van der Waals surface area contributed by atoms with Gasteiger partial charge in [-0.3, -0.25) is 0 Å². The Bertz CT molecular complexity index is 641. The second-order valence-corrected chi connectivity index (χ2v) is 7.17. The van der Waals surface area contributed by atoms with E-state index in [1.54, 1.807) is 0 Å². The molecule has 132 valence electrons. The Morgan fingerprint density at radius 1 is 0.958 bits per heavy atom. The van der Waals surface area contributed by atoms with Crippen LogP contribution < -0.4 is 9.47 Å². The Morgan fingerprint density at radius 2 is 1.75 bits per heavy atom. The van der Waals surface area contributed by atoms with Crippen molar-refractivity contribution in [2.24, 2.45) is 5.92 Å². The van der Waals surface area contributed by atoms with Crippen LogP contribution in [-0.2, 0) is 0 Å². The molecule has 0 heterocycles. The van der Waals surface area contributed by atoms with Crippen LogP contribution in [0.15, 0.2) is 30.3 Å². The summed E-state index contributed by atoms with van der Waals surface area (Å²) in [5.74, 6) is 2.86. The molecule has 0 unspecified atom stereocenters. The van der Waals surface area contributed by atoms with Gasteiger partial charge < -0.3 is 9.47 Å². The molecular formula is C20H26Cl2O2. The Balaban J connectivity index is 1.98. The summed E-state index contributed by atoms with van der Waals surface area (Å²) in [7, 11) is 0. The number of unbranched alkanes of at least 4 members (excludes halogenated alkanes) is 3. The molecule has 0 N–H and O–H groups in total. The third kappa shape index (κ3) is 5.75. The number of halogens is 2. The van der Waals surface area contributed by atoms with Crippen LogP contribution in [-0.4, -0.2) is 19.1 Å². The number of hydrogen-bond acceptors (Lipinski definition) is 2. The maximum atomic E-state index is 6.50. The monoisotopic (exact) mass is 368 g/mol. The summed E-state index contributed by atoms with van der Waals surface area (Å²) in [5, 5.41) is 2.73. The van der Waals surface area contributed by atoms with Gasteiger partial charge in [0, 0.05) is 11.3 Å². The van der Waals surface area contributed by atoms with Crippen LogP contribution in [0.4, 0.5) is 0 Å². The van der Waals surface area contributed by atoms with E-state index in [2.05, 4.69) is 13.8 Å². The van der Waals surface area contributed by atoms with Gasteiger partial charge in [-0.1, -0.05) is 44.4 Å². The molecule has 2 nitrogen and oxygen atoms in total. The molecule has 0 fully saturated rings. The van der Waals surface area contributed by atoms with Gasteiger partial charge in [-0.05, 0) is 48.4 Å². The average Bonchev–Trinajstić information content (AvgIpc) is 2.58. The van der Waals surface area contributed by atoms with Gasteiger partial charge in [-0.15, -0.1) is 11.6 Å². The number of alkyl halides is 1. The number of hydrogen-bond donors (Lipinski definition) is 0. The number of benzene rings is 2. The van der Waals surface area contributed by atoms with E-state index < -0.39 is 0 Å². The third-order valence-corrected chi connectivity index (χ3v) is 4.42. The summed E-state index contributed by atoms with van der Waals surface area (Å²) >= 11 is 12.2. The second kappa shape index (κ2) is 10.0. The molecule has 4 heteroatoms. The SMILES string of the molecule is CC(C)COc1ccc2c(Cl)c(OCCCCCCCl)ccc2c1. The van der Waals surface area contributed by atoms with Crippen LogP contribution in [0.25, 0.3) is 10.8 Å². The molecular weight excluding hydrogens is 343 g/mol. The van der Waals surface area contributed by atoms with Crippen molar-refractivity contribution in [3.05, 3.63) is 35.4 Å². The molecule has 0 aliphatic heterocycles. The van der Waals surface area contributed by atoms with Crippen molar-refractivity contribution in [1.82, 2.24) is 0 Å². The summed E-state index contributed by atoms with van der Waals surface area (Å²) in [6, 6.07) is 9.97. The highest BCUT2D eigenvalue weighted by Crippen LogP contribution is 2.34. The Kier molecular flexibility index (Phi) is 8.01. The average molecular weight is 369 g/mol. The van der Waals surface area contributed by atoms with Gasteiger partial charge in [-0.25, -0.2) is 0 Å². The molecule has 0 aliphatic carbocycles. The first kappa shape index (κ1) is 19.2. The largest absolute Gasteiger partial charge is 0.493 e. The zero-order chi connectivity index (χ0) is 17.4. The fourth-order valence-electron chi connectivity index (χ4n) is 2.45. The highest BCUT2D eigenvalue weighted by molar-refractivity contribution is 6.37. The van der Waals surface area contributed by atoms with Crippen molar-refractivity contribution < 1.29 is 9.47 Å². The summed E-state index contributed by atoms with van der Waals surface area (Å²) in [6.07, 6.45) is 4.37. The molecule has 0 amide bonds. The molecule has 0 saturated heterocycles. The number of rotatable bonds is 10. The highest BCUT2D eigenvalue weighted by atomic mass is 35.5. The van der Waals surface area contributed by atoms with E-state index in [1.807, 2.05) is 30.3 Å². The predicted octanol–water partition coefficient (Wildman–Crippen LogP) is 6.71. The van der Waals surface area contributed by atoms with Crippen LogP contribution in [0.1, 0.15) is 39.5 Å². The maximum Gasteiger partial charge on any atom is 0.138 e. The lowest BCUT2D eigenvalue weighted by Crippen LogP contribution is -2.04. The quantitative estimate of drug-likeness (QED) is 0.342.